The Morgan fingerprint density at radius 1 is 1.11 bits per heavy atom. The van der Waals surface area contributed by atoms with Gasteiger partial charge in [0.15, 0.2) is 6.61 Å². The molecule has 2 aromatic rings. The molecule has 7 heteroatoms. The van der Waals surface area contributed by atoms with Crippen LogP contribution in [0.2, 0.25) is 0 Å². The number of benzene rings is 2. The van der Waals surface area contributed by atoms with E-state index in [2.05, 4.69) is 0 Å². The zero-order chi connectivity index (χ0) is 20.3. The van der Waals surface area contributed by atoms with E-state index in [1.807, 2.05) is 45.0 Å². The molecule has 2 aromatic carbocycles. The van der Waals surface area contributed by atoms with Crippen molar-refractivity contribution in [1.82, 2.24) is 4.31 Å². The van der Waals surface area contributed by atoms with Gasteiger partial charge in [0.05, 0.1) is 4.90 Å². The van der Waals surface area contributed by atoms with Gasteiger partial charge in [-0.15, -0.1) is 0 Å². The standard InChI is InChI=1S/C21H26N2O4S/c1-4-22(5-2)28(25,26)19-10-11-20-17(14-19)12-13-23(20)21(24)15-27-18-8-6-16(3)7-9-18/h6-11,14H,4-5,12-13,15H2,1-3H3. The molecule has 0 saturated heterocycles. The minimum Gasteiger partial charge on any atom is -0.484 e. The van der Waals surface area contributed by atoms with Gasteiger partial charge in [0.1, 0.15) is 5.75 Å². The van der Waals surface area contributed by atoms with Crippen LogP contribution in [-0.2, 0) is 21.2 Å². The van der Waals surface area contributed by atoms with E-state index in [9.17, 15) is 13.2 Å². The summed E-state index contributed by atoms with van der Waals surface area (Å²) in [6, 6.07) is 12.5. The molecule has 1 aliphatic rings. The average molecular weight is 403 g/mol. The Bertz CT molecular complexity index is 951. The molecule has 6 nitrogen and oxygen atoms in total. The van der Waals surface area contributed by atoms with Crippen LogP contribution in [0.15, 0.2) is 47.4 Å². The maximum Gasteiger partial charge on any atom is 0.264 e. The van der Waals surface area contributed by atoms with Crippen LogP contribution in [0, 0.1) is 6.92 Å². The third-order valence-electron chi connectivity index (χ3n) is 4.97. The molecule has 1 amide bonds. The van der Waals surface area contributed by atoms with Crippen molar-refractivity contribution in [3.63, 3.8) is 0 Å². The van der Waals surface area contributed by atoms with Crippen LogP contribution in [-0.4, -0.2) is 44.9 Å². The van der Waals surface area contributed by atoms with Gasteiger partial charge in [-0.1, -0.05) is 31.5 Å². The molecule has 0 atom stereocenters. The monoisotopic (exact) mass is 402 g/mol. The van der Waals surface area contributed by atoms with Gasteiger partial charge in [0.2, 0.25) is 10.0 Å². The molecule has 0 bridgehead atoms. The van der Waals surface area contributed by atoms with Crippen LogP contribution in [0.4, 0.5) is 5.69 Å². The number of carbonyl (C=O) groups is 1. The van der Waals surface area contributed by atoms with Crippen LogP contribution in [0.1, 0.15) is 25.0 Å². The first-order valence-electron chi connectivity index (χ1n) is 9.49. The molecule has 0 aliphatic carbocycles. The van der Waals surface area contributed by atoms with Crippen LogP contribution < -0.4 is 9.64 Å². The van der Waals surface area contributed by atoms with Crippen LogP contribution >= 0.6 is 0 Å². The van der Waals surface area contributed by atoms with Gasteiger partial charge in [-0.3, -0.25) is 4.79 Å². The Labute approximate surface area is 166 Å². The molecule has 0 unspecified atom stereocenters. The summed E-state index contributed by atoms with van der Waals surface area (Å²) in [6.45, 7) is 6.96. The zero-order valence-electron chi connectivity index (χ0n) is 16.5. The van der Waals surface area contributed by atoms with E-state index in [-0.39, 0.29) is 17.4 Å². The van der Waals surface area contributed by atoms with Crippen molar-refractivity contribution in [2.45, 2.75) is 32.1 Å². The highest BCUT2D eigenvalue weighted by Gasteiger charge is 2.28. The van der Waals surface area contributed by atoms with E-state index in [1.165, 1.54) is 4.31 Å². The summed E-state index contributed by atoms with van der Waals surface area (Å²) in [5, 5.41) is 0. The maximum absolute atomic E-state index is 12.7. The number of rotatable bonds is 7. The highest BCUT2D eigenvalue weighted by molar-refractivity contribution is 7.89. The van der Waals surface area contributed by atoms with Crippen molar-refractivity contribution in [2.75, 3.05) is 31.1 Å². The Morgan fingerprint density at radius 2 is 1.79 bits per heavy atom. The van der Waals surface area contributed by atoms with Crippen molar-refractivity contribution in [2.24, 2.45) is 0 Å². The molecule has 3 rings (SSSR count). The second-order valence-corrected chi connectivity index (χ2v) is 8.71. The molecule has 1 aliphatic heterocycles. The molecular weight excluding hydrogens is 376 g/mol. The average Bonchev–Trinajstić information content (AvgIpc) is 3.11. The van der Waals surface area contributed by atoms with Crippen molar-refractivity contribution < 1.29 is 17.9 Å². The first-order valence-corrected chi connectivity index (χ1v) is 10.9. The van der Waals surface area contributed by atoms with Gasteiger partial charge in [0.25, 0.3) is 5.91 Å². The Balaban J connectivity index is 1.73. The molecule has 0 N–H and O–H groups in total. The number of ether oxygens (including phenoxy) is 1. The summed E-state index contributed by atoms with van der Waals surface area (Å²) < 4.78 is 32.5. The lowest BCUT2D eigenvalue weighted by molar-refractivity contribution is -0.120. The maximum atomic E-state index is 12.7. The lowest BCUT2D eigenvalue weighted by Gasteiger charge is -2.20. The second kappa shape index (κ2) is 8.32. The fourth-order valence-electron chi connectivity index (χ4n) is 3.37. The number of fused-ring (bicyclic) bond motifs is 1. The van der Waals surface area contributed by atoms with Gasteiger partial charge in [-0.2, -0.15) is 4.31 Å². The number of hydrogen-bond donors (Lipinski definition) is 0. The van der Waals surface area contributed by atoms with Gasteiger partial charge < -0.3 is 9.64 Å². The molecule has 28 heavy (non-hydrogen) atoms. The Kier molecular flexibility index (Phi) is 6.05. The quantitative estimate of drug-likeness (QED) is 0.714. The van der Waals surface area contributed by atoms with Crippen LogP contribution in [0.5, 0.6) is 5.75 Å². The van der Waals surface area contributed by atoms with Gasteiger partial charge in [-0.25, -0.2) is 8.42 Å². The lowest BCUT2D eigenvalue weighted by atomic mass is 10.2. The summed E-state index contributed by atoms with van der Waals surface area (Å²) in [7, 11) is -3.51. The number of amides is 1. The number of anilines is 1. The van der Waals surface area contributed by atoms with Crippen LogP contribution in [0.3, 0.4) is 0 Å². The van der Waals surface area contributed by atoms with Crippen molar-refractivity contribution in [3.05, 3.63) is 53.6 Å². The minimum atomic E-state index is -3.51. The van der Waals surface area contributed by atoms with E-state index in [1.54, 1.807) is 23.1 Å². The third-order valence-corrected chi connectivity index (χ3v) is 7.02. The first kappa shape index (κ1) is 20.4. The molecule has 1 heterocycles. The van der Waals surface area contributed by atoms with E-state index in [0.717, 1.165) is 16.8 Å². The van der Waals surface area contributed by atoms with E-state index in [0.29, 0.717) is 31.8 Å². The summed E-state index contributed by atoms with van der Waals surface area (Å²) in [6.07, 6.45) is 0.632. The molecule has 0 saturated carbocycles. The van der Waals surface area contributed by atoms with Crippen molar-refractivity contribution >= 4 is 21.6 Å². The van der Waals surface area contributed by atoms with Crippen molar-refractivity contribution in [1.29, 1.82) is 0 Å². The summed E-state index contributed by atoms with van der Waals surface area (Å²) >= 11 is 0. The highest BCUT2D eigenvalue weighted by atomic mass is 32.2. The third kappa shape index (κ3) is 4.05. The molecular formula is C21H26N2O4S. The number of hydrogen-bond acceptors (Lipinski definition) is 4. The zero-order valence-corrected chi connectivity index (χ0v) is 17.3. The van der Waals surface area contributed by atoms with Crippen molar-refractivity contribution in [3.8, 4) is 5.75 Å². The molecule has 0 fully saturated rings. The van der Waals surface area contributed by atoms with Crippen LogP contribution in [0.25, 0.3) is 0 Å². The number of nitrogens with zero attached hydrogens (tertiary/aromatic N) is 2. The topological polar surface area (TPSA) is 66.9 Å². The minimum absolute atomic E-state index is 0.0536. The number of sulfonamides is 1. The SMILES string of the molecule is CCN(CC)S(=O)(=O)c1ccc2c(c1)CCN2C(=O)COc1ccc(C)cc1. The fourth-order valence-corrected chi connectivity index (χ4v) is 4.88. The molecule has 0 aromatic heterocycles. The smallest absolute Gasteiger partial charge is 0.264 e. The normalized spacial score (nSPS) is 13.6. The van der Waals surface area contributed by atoms with Gasteiger partial charge >= 0.3 is 0 Å². The fraction of sp³-hybridized carbons (Fsp3) is 0.381. The summed E-state index contributed by atoms with van der Waals surface area (Å²) in [4.78, 5) is 14.5. The Morgan fingerprint density at radius 3 is 2.43 bits per heavy atom. The number of carbonyl (C=O) groups excluding carboxylic acids is 1. The predicted octanol–water partition coefficient (Wildman–Crippen LogP) is 2.99. The highest BCUT2D eigenvalue weighted by Crippen LogP contribution is 2.31. The van der Waals surface area contributed by atoms with E-state index >= 15 is 0 Å². The van der Waals surface area contributed by atoms with Gasteiger partial charge in [0, 0.05) is 25.3 Å². The van der Waals surface area contributed by atoms with Gasteiger partial charge in [-0.05, 0) is 49.2 Å². The predicted molar refractivity (Wildman–Crippen MR) is 109 cm³/mol. The second-order valence-electron chi connectivity index (χ2n) is 6.78. The Hall–Kier alpha value is -2.38. The number of aryl methyl sites for hydroxylation is 1. The van der Waals surface area contributed by atoms with E-state index < -0.39 is 10.0 Å². The summed E-state index contributed by atoms with van der Waals surface area (Å²) in [5.74, 6) is 0.512. The van der Waals surface area contributed by atoms with E-state index in [4.69, 9.17) is 4.74 Å². The molecule has 0 spiro atoms. The first-order chi connectivity index (χ1) is 13.4. The largest absolute Gasteiger partial charge is 0.484 e. The molecule has 150 valence electrons. The lowest BCUT2D eigenvalue weighted by Crippen LogP contribution is -2.33. The molecule has 0 radical (unpaired) electrons. The summed E-state index contributed by atoms with van der Waals surface area (Å²) in [5.41, 5.74) is 2.76.